The zero-order valence-corrected chi connectivity index (χ0v) is 11.4. The van der Waals surface area contributed by atoms with Gasteiger partial charge in [-0.15, -0.1) is 11.6 Å². The first-order chi connectivity index (χ1) is 9.70. The number of halogens is 1. The molecule has 1 N–H and O–H groups in total. The summed E-state index contributed by atoms with van der Waals surface area (Å²) in [5, 5.41) is 2.59. The lowest BCUT2D eigenvalue weighted by atomic mass is 10.1. The van der Waals surface area contributed by atoms with Gasteiger partial charge in [-0.25, -0.2) is 9.59 Å². The van der Waals surface area contributed by atoms with E-state index in [9.17, 15) is 9.59 Å². The average Bonchev–Trinajstić information content (AvgIpc) is 2.83. The Bertz CT molecular complexity index is 503. The molecule has 1 fully saturated rings. The Labute approximate surface area is 121 Å². The standard InChI is InChI=1S/C14H14ClNO4/c15-8-4-7-12-11(16-14(18)20-12)9-19-13(17)10-5-2-1-3-6-10/h1-7,11-12H,8-9H2,(H,16,18)/b7-4+/t11-,12+/m0/s1. The van der Waals surface area contributed by atoms with Gasteiger partial charge >= 0.3 is 12.1 Å². The van der Waals surface area contributed by atoms with Crippen LogP contribution in [-0.4, -0.2) is 36.7 Å². The van der Waals surface area contributed by atoms with Gasteiger partial charge in [0.2, 0.25) is 0 Å². The number of alkyl carbamates (subject to hydrolysis) is 1. The first kappa shape index (κ1) is 14.4. The molecule has 106 valence electrons. The largest absolute Gasteiger partial charge is 0.460 e. The molecule has 6 heteroatoms. The molecule has 1 aliphatic rings. The maximum atomic E-state index is 11.8. The molecule has 0 radical (unpaired) electrons. The van der Waals surface area contributed by atoms with Crippen molar-refractivity contribution in [3.05, 3.63) is 48.0 Å². The molecule has 1 aliphatic heterocycles. The van der Waals surface area contributed by atoms with Gasteiger partial charge in [0.05, 0.1) is 5.56 Å². The summed E-state index contributed by atoms with van der Waals surface area (Å²) in [6.45, 7) is 0.0385. The molecule has 0 bridgehead atoms. The molecule has 20 heavy (non-hydrogen) atoms. The summed E-state index contributed by atoms with van der Waals surface area (Å²) in [5.74, 6) is -0.114. The van der Waals surface area contributed by atoms with Gasteiger partial charge in [-0.3, -0.25) is 0 Å². The smallest absolute Gasteiger partial charge is 0.408 e. The third-order valence-corrected chi connectivity index (χ3v) is 2.94. The SMILES string of the molecule is O=C1N[C@@H](COC(=O)c2ccccc2)[C@@H](/C=C/CCl)O1. The summed E-state index contributed by atoms with van der Waals surface area (Å²) in [6, 6.07) is 8.24. The van der Waals surface area contributed by atoms with Gasteiger partial charge in [-0.05, 0) is 18.2 Å². The van der Waals surface area contributed by atoms with Crippen molar-refractivity contribution < 1.29 is 19.1 Å². The number of benzene rings is 1. The molecule has 0 saturated carbocycles. The van der Waals surface area contributed by atoms with E-state index in [1.54, 1.807) is 36.4 Å². The summed E-state index contributed by atoms with van der Waals surface area (Å²) in [6.07, 6.45) is 2.34. The minimum absolute atomic E-state index is 0.0385. The molecule has 0 spiro atoms. The maximum absolute atomic E-state index is 11.8. The molecular weight excluding hydrogens is 282 g/mol. The van der Waals surface area contributed by atoms with E-state index >= 15 is 0 Å². The van der Waals surface area contributed by atoms with Gasteiger partial charge < -0.3 is 14.8 Å². The van der Waals surface area contributed by atoms with Gasteiger partial charge in [0, 0.05) is 5.88 Å². The molecular formula is C14H14ClNO4. The minimum atomic E-state index is -0.532. The number of esters is 1. The van der Waals surface area contributed by atoms with Crippen molar-refractivity contribution in [3.8, 4) is 0 Å². The van der Waals surface area contributed by atoms with Crippen LogP contribution < -0.4 is 5.32 Å². The molecule has 0 aromatic heterocycles. The second kappa shape index (κ2) is 6.96. The van der Waals surface area contributed by atoms with E-state index in [1.165, 1.54) is 0 Å². The quantitative estimate of drug-likeness (QED) is 0.513. The van der Waals surface area contributed by atoms with Crippen LogP contribution in [0.2, 0.25) is 0 Å². The normalized spacial score (nSPS) is 21.6. The third-order valence-electron chi connectivity index (χ3n) is 2.76. The van der Waals surface area contributed by atoms with Crippen LogP contribution in [0.4, 0.5) is 4.79 Å². The average molecular weight is 296 g/mol. The highest BCUT2D eigenvalue weighted by molar-refractivity contribution is 6.18. The molecule has 1 aromatic rings. The van der Waals surface area contributed by atoms with Crippen molar-refractivity contribution in [2.75, 3.05) is 12.5 Å². The van der Waals surface area contributed by atoms with E-state index in [0.29, 0.717) is 11.4 Å². The maximum Gasteiger partial charge on any atom is 0.408 e. The van der Waals surface area contributed by atoms with Crippen molar-refractivity contribution >= 4 is 23.7 Å². The zero-order chi connectivity index (χ0) is 14.4. The molecule has 5 nitrogen and oxygen atoms in total. The van der Waals surface area contributed by atoms with Crippen molar-refractivity contribution in [1.29, 1.82) is 0 Å². The predicted octanol–water partition coefficient (Wildman–Crippen LogP) is 2.12. The van der Waals surface area contributed by atoms with E-state index in [0.717, 1.165) is 0 Å². The van der Waals surface area contributed by atoms with Crippen LogP contribution in [0.25, 0.3) is 0 Å². The number of ether oxygens (including phenoxy) is 2. The molecule has 1 saturated heterocycles. The first-order valence-electron chi connectivity index (χ1n) is 6.12. The Morgan fingerprint density at radius 1 is 1.40 bits per heavy atom. The molecule has 2 atom stereocenters. The van der Waals surface area contributed by atoms with Crippen LogP contribution in [0.15, 0.2) is 42.5 Å². The van der Waals surface area contributed by atoms with E-state index in [1.807, 2.05) is 6.07 Å². The van der Waals surface area contributed by atoms with Crippen LogP contribution in [0, 0.1) is 0 Å². The van der Waals surface area contributed by atoms with Gasteiger partial charge in [0.15, 0.2) is 0 Å². The van der Waals surface area contributed by atoms with Gasteiger partial charge in [0.25, 0.3) is 0 Å². The highest BCUT2D eigenvalue weighted by Crippen LogP contribution is 2.12. The molecule has 1 aromatic carbocycles. The van der Waals surface area contributed by atoms with E-state index in [-0.39, 0.29) is 6.61 Å². The molecule has 1 amide bonds. The molecule has 0 unspecified atom stereocenters. The number of amides is 1. The number of hydrogen-bond acceptors (Lipinski definition) is 4. The number of allylic oxidation sites excluding steroid dienone is 1. The second-order valence-corrected chi connectivity index (χ2v) is 4.48. The van der Waals surface area contributed by atoms with Gasteiger partial charge in [-0.1, -0.05) is 24.3 Å². The van der Waals surface area contributed by atoms with Crippen LogP contribution in [0.3, 0.4) is 0 Å². The van der Waals surface area contributed by atoms with Gasteiger partial charge in [0.1, 0.15) is 18.8 Å². The predicted molar refractivity (Wildman–Crippen MR) is 73.8 cm³/mol. The van der Waals surface area contributed by atoms with Gasteiger partial charge in [-0.2, -0.15) is 0 Å². The number of hydrogen-bond donors (Lipinski definition) is 1. The van der Waals surface area contributed by atoms with Crippen molar-refractivity contribution in [3.63, 3.8) is 0 Å². The van der Waals surface area contributed by atoms with Crippen molar-refractivity contribution in [2.45, 2.75) is 12.1 Å². The summed E-state index contributed by atoms with van der Waals surface area (Å²) < 4.78 is 10.2. The summed E-state index contributed by atoms with van der Waals surface area (Å²) in [7, 11) is 0. The summed E-state index contributed by atoms with van der Waals surface area (Å²) in [5.41, 5.74) is 0.464. The lowest BCUT2D eigenvalue weighted by Gasteiger charge is -2.13. The lowest BCUT2D eigenvalue weighted by molar-refractivity contribution is 0.0447. The fraction of sp³-hybridized carbons (Fsp3) is 0.286. The Morgan fingerprint density at radius 3 is 2.85 bits per heavy atom. The minimum Gasteiger partial charge on any atom is -0.460 e. The Balaban J connectivity index is 1.90. The van der Waals surface area contributed by atoms with E-state index < -0.39 is 24.2 Å². The Morgan fingerprint density at radius 2 is 2.15 bits per heavy atom. The molecule has 2 rings (SSSR count). The highest BCUT2D eigenvalue weighted by Gasteiger charge is 2.33. The lowest BCUT2D eigenvalue weighted by Crippen LogP contribution is -2.36. The summed E-state index contributed by atoms with van der Waals surface area (Å²) in [4.78, 5) is 23.0. The van der Waals surface area contributed by atoms with E-state index in [4.69, 9.17) is 21.1 Å². The highest BCUT2D eigenvalue weighted by atomic mass is 35.5. The van der Waals surface area contributed by atoms with Crippen LogP contribution in [-0.2, 0) is 9.47 Å². The van der Waals surface area contributed by atoms with Crippen molar-refractivity contribution in [1.82, 2.24) is 5.32 Å². The number of carbonyl (C=O) groups is 2. The second-order valence-electron chi connectivity index (χ2n) is 4.17. The fourth-order valence-electron chi connectivity index (χ4n) is 1.79. The van der Waals surface area contributed by atoms with Crippen molar-refractivity contribution in [2.24, 2.45) is 0 Å². The summed E-state index contributed by atoms with van der Waals surface area (Å²) >= 11 is 5.54. The number of carbonyl (C=O) groups excluding carboxylic acids is 2. The number of alkyl halides is 1. The Hall–Kier alpha value is -2.01. The molecule has 0 aliphatic carbocycles. The topological polar surface area (TPSA) is 64.6 Å². The number of nitrogens with one attached hydrogen (secondary N) is 1. The monoisotopic (exact) mass is 295 g/mol. The van der Waals surface area contributed by atoms with E-state index in [2.05, 4.69) is 5.32 Å². The third kappa shape index (κ3) is 3.74. The number of cyclic esters (lactones) is 1. The number of rotatable bonds is 5. The molecule has 1 heterocycles. The van der Waals surface area contributed by atoms with Crippen LogP contribution in [0.1, 0.15) is 10.4 Å². The first-order valence-corrected chi connectivity index (χ1v) is 6.66. The van der Waals surface area contributed by atoms with Crippen LogP contribution in [0.5, 0.6) is 0 Å². The van der Waals surface area contributed by atoms with Crippen LogP contribution >= 0.6 is 11.6 Å². The zero-order valence-electron chi connectivity index (χ0n) is 10.6. The fourth-order valence-corrected chi connectivity index (χ4v) is 1.89. The Kier molecular flexibility index (Phi) is 5.01.